The van der Waals surface area contributed by atoms with Gasteiger partial charge >= 0.3 is 0 Å². The fraction of sp³-hybridized carbons (Fsp3) is 0.941. The average molecular weight is 282 g/mol. The van der Waals surface area contributed by atoms with Crippen molar-refractivity contribution in [2.75, 3.05) is 13.2 Å². The van der Waals surface area contributed by atoms with E-state index in [1.807, 2.05) is 13.8 Å². The number of ketones is 1. The fourth-order valence-electron chi connectivity index (χ4n) is 3.77. The van der Waals surface area contributed by atoms with Crippen molar-refractivity contribution in [1.82, 2.24) is 0 Å². The van der Waals surface area contributed by atoms with E-state index in [0.717, 1.165) is 32.5 Å². The van der Waals surface area contributed by atoms with Crippen LogP contribution in [0.15, 0.2) is 0 Å². The number of Topliss-reactive ketones (excluding diaryl/α,β-unsaturated/α-hetero) is 1. The smallest absolute Gasteiger partial charge is 0.171 e. The molecule has 0 N–H and O–H groups in total. The van der Waals surface area contributed by atoms with Gasteiger partial charge < -0.3 is 9.47 Å². The molecule has 0 bridgehead atoms. The Morgan fingerprint density at radius 2 is 1.95 bits per heavy atom. The van der Waals surface area contributed by atoms with Crippen LogP contribution in [0.25, 0.3) is 0 Å². The van der Waals surface area contributed by atoms with E-state index in [1.54, 1.807) is 0 Å². The van der Waals surface area contributed by atoms with Crippen molar-refractivity contribution in [3.63, 3.8) is 0 Å². The molecule has 1 aliphatic heterocycles. The molecule has 3 nitrogen and oxygen atoms in total. The van der Waals surface area contributed by atoms with Gasteiger partial charge in [-0.2, -0.15) is 0 Å². The van der Waals surface area contributed by atoms with E-state index in [1.165, 1.54) is 19.3 Å². The molecule has 0 amide bonds. The molecule has 2 fully saturated rings. The van der Waals surface area contributed by atoms with E-state index in [4.69, 9.17) is 9.47 Å². The average Bonchev–Trinajstić information content (AvgIpc) is 3.01. The summed E-state index contributed by atoms with van der Waals surface area (Å²) in [5, 5.41) is 0. The number of rotatable bonds is 7. The summed E-state index contributed by atoms with van der Waals surface area (Å²) in [5.41, 5.74) is 0. The summed E-state index contributed by atoms with van der Waals surface area (Å²) in [6.07, 6.45) is 7.62. The van der Waals surface area contributed by atoms with Gasteiger partial charge in [-0.15, -0.1) is 0 Å². The predicted molar refractivity (Wildman–Crippen MR) is 79.5 cm³/mol. The quantitative estimate of drug-likeness (QED) is 0.663. The van der Waals surface area contributed by atoms with Crippen molar-refractivity contribution in [2.24, 2.45) is 17.8 Å². The van der Waals surface area contributed by atoms with Gasteiger partial charge in [0, 0.05) is 24.7 Å². The summed E-state index contributed by atoms with van der Waals surface area (Å²) in [6.45, 7) is 7.67. The van der Waals surface area contributed by atoms with Crippen molar-refractivity contribution < 1.29 is 14.3 Å². The van der Waals surface area contributed by atoms with Gasteiger partial charge in [-0.3, -0.25) is 4.79 Å². The SMILES string of the molecule is CCCCCC1C(CC(=O)C(C)C)CCC12OCCO2. The molecule has 0 radical (unpaired) electrons. The minimum absolute atomic E-state index is 0.147. The van der Waals surface area contributed by atoms with Crippen LogP contribution in [-0.2, 0) is 14.3 Å². The molecule has 2 rings (SSSR count). The Morgan fingerprint density at radius 1 is 1.25 bits per heavy atom. The van der Waals surface area contributed by atoms with Crippen molar-refractivity contribution >= 4 is 5.78 Å². The van der Waals surface area contributed by atoms with Crippen molar-refractivity contribution in [1.29, 1.82) is 0 Å². The first-order chi connectivity index (χ1) is 9.59. The highest BCUT2D eigenvalue weighted by Crippen LogP contribution is 2.49. The number of ether oxygens (including phenoxy) is 2. The number of hydrogen-bond donors (Lipinski definition) is 0. The lowest BCUT2D eigenvalue weighted by Crippen LogP contribution is -2.37. The summed E-state index contributed by atoms with van der Waals surface area (Å²) in [6, 6.07) is 0. The predicted octanol–water partition coefficient (Wildman–Crippen LogP) is 3.95. The Kier molecular flexibility index (Phi) is 5.62. The molecule has 0 aromatic heterocycles. The van der Waals surface area contributed by atoms with Crippen LogP contribution in [-0.4, -0.2) is 24.8 Å². The Balaban J connectivity index is 2.00. The van der Waals surface area contributed by atoms with Crippen LogP contribution >= 0.6 is 0 Å². The molecule has 1 saturated carbocycles. The van der Waals surface area contributed by atoms with Gasteiger partial charge in [0.1, 0.15) is 5.78 Å². The molecule has 1 saturated heterocycles. The minimum Gasteiger partial charge on any atom is -0.347 e. The zero-order chi connectivity index (χ0) is 14.6. The monoisotopic (exact) mass is 282 g/mol. The molecule has 0 aromatic rings. The van der Waals surface area contributed by atoms with Gasteiger partial charge in [-0.1, -0.05) is 40.0 Å². The molecule has 0 aromatic carbocycles. The van der Waals surface area contributed by atoms with Crippen LogP contribution < -0.4 is 0 Å². The van der Waals surface area contributed by atoms with Gasteiger partial charge in [0.25, 0.3) is 0 Å². The van der Waals surface area contributed by atoms with E-state index in [9.17, 15) is 4.79 Å². The molecule has 2 unspecified atom stereocenters. The third-order valence-corrected chi connectivity index (χ3v) is 5.00. The van der Waals surface area contributed by atoms with E-state index in [2.05, 4.69) is 6.92 Å². The number of carbonyl (C=O) groups is 1. The van der Waals surface area contributed by atoms with E-state index in [-0.39, 0.29) is 11.7 Å². The van der Waals surface area contributed by atoms with Gasteiger partial charge in [0.2, 0.25) is 0 Å². The van der Waals surface area contributed by atoms with Gasteiger partial charge in [-0.05, 0) is 18.8 Å². The number of hydrogen-bond acceptors (Lipinski definition) is 3. The summed E-state index contributed by atoms with van der Waals surface area (Å²) < 4.78 is 12.0. The van der Waals surface area contributed by atoms with Crippen LogP contribution in [0, 0.1) is 17.8 Å². The maximum Gasteiger partial charge on any atom is 0.171 e. The molecular formula is C17H30O3. The summed E-state index contributed by atoms with van der Waals surface area (Å²) >= 11 is 0. The van der Waals surface area contributed by atoms with Crippen molar-refractivity contribution in [2.45, 2.75) is 71.5 Å². The fourth-order valence-corrected chi connectivity index (χ4v) is 3.77. The molecule has 116 valence electrons. The van der Waals surface area contributed by atoms with Gasteiger partial charge in [-0.25, -0.2) is 0 Å². The molecule has 20 heavy (non-hydrogen) atoms. The third kappa shape index (κ3) is 3.43. The highest BCUT2D eigenvalue weighted by molar-refractivity contribution is 5.80. The largest absolute Gasteiger partial charge is 0.347 e. The van der Waals surface area contributed by atoms with Crippen LogP contribution in [0.2, 0.25) is 0 Å². The summed E-state index contributed by atoms with van der Waals surface area (Å²) in [4.78, 5) is 12.1. The normalized spacial score (nSPS) is 28.6. The lowest BCUT2D eigenvalue weighted by atomic mass is 9.83. The van der Waals surface area contributed by atoms with Crippen molar-refractivity contribution in [3.8, 4) is 0 Å². The molecule has 1 spiro atoms. The van der Waals surface area contributed by atoms with Gasteiger partial charge in [0.05, 0.1) is 13.2 Å². The Morgan fingerprint density at radius 3 is 2.55 bits per heavy atom. The zero-order valence-electron chi connectivity index (χ0n) is 13.3. The molecular weight excluding hydrogens is 252 g/mol. The van der Waals surface area contributed by atoms with Crippen molar-refractivity contribution in [3.05, 3.63) is 0 Å². The molecule has 2 aliphatic rings. The van der Waals surface area contributed by atoms with Crippen LogP contribution in [0.5, 0.6) is 0 Å². The maximum absolute atomic E-state index is 12.1. The van der Waals surface area contributed by atoms with Crippen LogP contribution in [0.3, 0.4) is 0 Å². The number of unbranched alkanes of at least 4 members (excludes halogenated alkanes) is 2. The Bertz CT molecular complexity index is 318. The lowest BCUT2D eigenvalue weighted by Gasteiger charge is -2.32. The summed E-state index contributed by atoms with van der Waals surface area (Å²) in [5.74, 6) is 1.06. The van der Waals surface area contributed by atoms with Crippen LogP contribution in [0.1, 0.15) is 65.7 Å². The van der Waals surface area contributed by atoms with Gasteiger partial charge in [0.15, 0.2) is 5.79 Å². The van der Waals surface area contributed by atoms with E-state index in [0.29, 0.717) is 24.0 Å². The second-order valence-corrected chi connectivity index (χ2v) is 6.73. The first kappa shape index (κ1) is 16.0. The second-order valence-electron chi connectivity index (χ2n) is 6.73. The standard InChI is InChI=1S/C17H30O3/c1-4-5-6-7-15-14(12-16(18)13(2)3)8-9-17(15)19-10-11-20-17/h13-15H,4-12H2,1-3H3. The number of carbonyl (C=O) groups excluding carboxylic acids is 1. The zero-order valence-corrected chi connectivity index (χ0v) is 13.3. The Labute approximate surface area is 123 Å². The molecule has 1 aliphatic carbocycles. The Hall–Kier alpha value is -0.410. The minimum atomic E-state index is -0.352. The van der Waals surface area contributed by atoms with E-state index >= 15 is 0 Å². The van der Waals surface area contributed by atoms with E-state index < -0.39 is 0 Å². The topological polar surface area (TPSA) is 35.5 Å². The maximum atomic E-state index is 12.1. The molecule has 2 atom stereocenters. The highest BCUT2D eigenvalue weighted by atomic mass is 16.7. The van der Waals surface area contributed by atoms with Crippen LogP contribution in [0.4, 0.5) is 0 Å². The lowest BCUT2D eigenvalue weighted by molar-refractivity contribution is -0.188. The first-order valence-electron chi connectivity index (χ1n) is 8.39. The third-order valence-electron chi connectivity index (χ3n) is 5.00. The summed E-state index contributed by atoms with van der Waals surface area (Å²) in [7, 11) is 0. The molecule has 1 heterocycles. The highest BCUT2D eigenvalue weighted by Gasteiger charge is 2.52. The molecule has 3 heteroatoms. The second kappa shape index (κ2) is 7.04. The first-order valence-corrected chi connectivity index (χ1v) is 8.39.